The fourth-order valence-electron chi connectivity index (χ4n) is 1.94. The van der Waals surface area contributed by atoms with Crippen LogP contribution in [-0.4, -0.2) is 21.4 Å². The van der Waals surface area contributed by atoms with Crippen LogP contribution in [0.2, 0.25) is 0 Å². The van der Waals surface area contributed by atoms with E-state index >= 15 is 0 Å². The molecule has 2 aromatic carbocycles. The number of nitro benzene ring substituents is 1. The Labute approximate surface area is 137 Å². The number of hydrogen-bond acceptors (Lipinski definition) is 5. The molecule has 0 atom stereocenters. The molecule has 0 unspecified atom stereocenters. The van der Waals surface area contributed by atoms with E-state index in [0.717, 1.165) is 5.69 Å². The van der Waals surface area contributed by atoms with Gasteiger partial charge in [0.05, 0.1) is 10.6 Å². The number of rotatable bonds is 4. The fraction of sp³-hybridized carbons (Fsp3) is 0.0667. The molecule has 0 radical (unpaired) electrons. The van der Waals surface area contributed by atoms with Crippen molar-refractivity contribution in [2.24, 2.45) is 10.7 Å². The van der Waals surface area contributed by atoms with E-state index < -0.39 is 10.7 Å². The highest BCUT2D eigenvalue weighted by Crippen LogP contribution is 2.30. The van der Waals surface area contributed by atoms with E-state index in [9.17, 15) is 15.2 Å². The van der Waals surface area contributed by atoms with Crippen LogP contribution in [-0.2, 0) is 0 Å². The average molecular weight is 330 g/mol. The van der Waals surface area contributed by atoms with Crippen LogP contribution in [0.3, 0.4) is 0 Å². The predicted octanol–water partition coefficient (Wildman–Crippen LogP) is 3.01. The summed E-state index contributed by atoms with van der Waals surface area (Å²) in [6.07, 6.45) is 1.38. The molecule has 0 aliphatic carbocycles. The van der Waals surface area contributed by atoms with Crippen LogP contribution < -0.4 is 11.1 Å². The Morgan fingerprint density at radius 3 is 2.61 bits per heavy atom. The number of phenols is 1. The Morgan fingerprint density at radius 2 is 2.04 bits per heavy atom. The first-order valence-electron chi connectivity index (χ1n) is 6.55. The molecule has 0 amide bonds. The zero-order valence-electron chi connectivity index (χ0n) is 12.2. The highest BCUT2D eigenvalue weighted by Gasteiger charge is 2.16. The van der Waals surface area contributed by atoms with Gasteiger partial charge in [-0.15, -0.1) is 0 Å². The molecule has 118 valence electrons. The van der Waals surface area contributed by atoms with Gasteiger partial charge in [0.1, 0.15) is 0 Å². The Morgan fingerprint density at radius 1 is 1.39 bits per heavy atom. The van der Waals surface area contributed by atoms with Crippen molar-refractivity contribution in [1.82, 2.24) is 0 Å². The average Bonchev–Trinajstić information content (AvgIpc) is 2.48. The number of nitrogens with zero attached hydrogens (tertiary/aromatic N) is 2. The molecular weight excluding hydrogens is 316 g/mol. The van der Waals surface area contributed by atoms with Crippen LogP contribution >= 0.6 is 12.2 Å². The van der Waals surface area contributed by atoms with Crippen molar-refractivity contribution in [3.63, 3.8) is 0 Å². The van der Waals surface area contributed by atoms with Crippen molar-refractivity contribution in [1.29, 1.82) is 0 Å². The van der Waals surface area contributed by atoms with Gasteiger partial charge in [0.15, 0.2) is 5.11 Å². The molecule has 0 aromatic heterocycles. The third-order valence-electron chi connectivity index (χ3n) is 2.95. The normalized spacial score (nSPS) is 10.7. The monoisotopic (exact) mass is 330 g/mol. The lowest BCUT2D eigenvalue weighted by Crippen LogP contribution is -2.18. The summed E-state index contributed by atoms with van der Waals surface area (Å²) < 4.78 is 0. The number of nitrogens with one attached hydrogen (secondary N) is 1. The van der Waals surface area contributed by atoms with Gasteiger partial charge in [-0.1, -0.05) is 0 Å². The molecule has 4 N–H and O–H groups in total. The first-order valence-corrected chi connectivity index (χ1v) is 6.96. The number of nitrogens with two attached hydrogens (primary N) is 1. The van der Waals surface area contributed by atoms with Crippen LogP contribution in [0.25, 0.3) is 0 Å². The van der Waals surface area contributed by atoms with Crippen LogP contribution in [0.1, 0.15) is 11.1 Å². The van der Waals surface area contributed by atoms with Crippen LogP contribution in [0.4, 0.5) is 17.1 Å². The largest absolute Gasteiger partial charge is 0.502 e. The number of hydrogen-bond donors (Lipinski definition) is 3. The van der Waals surface area contributed by atoms with E-state index in [2.05, 4.69) is 10.3 Å². The van der Waals surface area contributed by atoms with E-state index in [-0.39, 0.29) is 16.4 Å². The summed E-state index contributed by atoms with van der Waals surface area (Å²) in [5.74, 6) is -0.406. The first kappa shape index (κ1) is 16.4. The molecule has 0 aliphatic heterocycles. The Balaban J connectivity index is 2.26. The van der Waals surface area contributed by atoms with Gasteiger partial charge in [-0.05, 0) is 55.0 Å². The Hall–Kier alpha value is -3.00. The van der Waals surface area contributed by atoms with Crippen molar-refractivity contribution < 1.29 is 10.0 Å². The lowest BCUT2D eigenvalue weighted by Gasteiger charge is -2.04. The fourth-order valence-corrected chi connectivity index (χ4v) is 2.06. The molecule has 2 aromatic rings. The van der Waals surface area contributed by atoms with E-state index in [0.29, 0.717) is 11.3 Å². The van der Waals surface area contributed by atoms with Gasteiger partial charge in [0, 0.05) is 23.5 Å². The number of anilines is 1. The zero-order chi connectivity index (χ0) is 17.0. The second-order valence-electron chi connectivity index (χ2n) is 4.77. The maximum absolute atomic E-state index is 10.9. The Bertz CT molecular complexity index is 788. The predicted molar refractivity (Wildman–Crippen MR) is 93.6 cm³/mol. The van der Waals surface area contributed by atoms with Crippen molar-refractivity contribution in [3.8, 4) is 5.75 Å². The topological polar surface area (TPSA) is 114 Å². The molecule has 0 fully saturated rings. The number of aryl methyl sites for hydroxylation is 1. The highest BCUT2D eigenvalue weighted by molar-refractivity contribution is 7.80. The molecule has 0 bridgehead atoms. The zero-order valence-corrected chi connectivity index (χ0v) is 13.0. The van der Waals surface area contributed by atoms with Gasteiger partial charge in [0.25, 0.3) is 0 Å². The minimum atomic E-state index is -0.629. The quantitative estimate of drug-likeness (QED) is 0.344. The number of nitro groups is 1. The summed E-state index contributed by atoms with van der Waals surface area (Å²) in [6, 6.07) is 9.85. The summed E-state index contributed by atoms with van der Waals surface area (Å²) in [5.41, 5.74) is 7.31. The molecule has 0 saturated heterocycles. The maximum Gasteiger partial charge on any atom is 0.311 e. The van der Waals surface area contributed by atoms with Crippen LogP contribution in [0.5, 0.6) is 5.75 Å². The molecule has 8 heteroatoms. The molecule has 0 aliphatic rings. The minimum absolute atomic E-state index is 0.165. The summed E-state index contributed by atoms with van der Waals surface area (Å²) in [7, 11) is 0. The first-order chi connectivity index (χ1) is 10.9. The van der Waals surface area contributed by atoms with Crippen molar-refractivity contribution >= 4 is 40.6 Å². The van der Waals surface area contributed by atoms with Crippen LogP contribution in [0.15, 0.2) is 41.4 Å². The standard InChI is InChI=1S/C15H14N4O3S/c1-9-6-10(14(20)13(7-9)19(21)22)8-17-11-2-4-12(5-3-11)18-15(16)23/h2-8,20H,1H3,(H3,16,18,23). The highest BCUT2D eigenvalue weighted by atomic mass is 32.1. The SMILES string of the molecule is Cc1cc(C=Nc2ccc(NC(N)=S)cc2)c(O)c([N+](=O)[O-])c1. The lowest BCUT2D eigenvalue weighted by molar-refractivity contribution is -0.385. The summed E-state index contributed by atoms with van der Waals surface area (Å²) in [6.45, 7) is 1.71. The van der Waals surface area contributed by atoms with Gasteiger partial charge in [-0.3, -0.25) is 15.1 Å². The maximum atomic E-state index is 10.9. The number of aliphatic imine (C=N–C) groups is 1. The smallest absolute Gasteiger partial charge is 0.311 e. The van der Waals surface area contributed by atoms with E-state index in [4.69, 9.17) is 18.0 Å². The number of thiocarbonyl (C=S) groups is 1. The molecular formula is C15H14N4O3S. The molecule has 0 heterocycles. The van der Waals surface area contributed by atoms with Gasteiger partial charge < -0.3 is 16.2 Å². The lowest BCUT2D eigenvalue weighted by atomic mass is 10.1. The van der Waals surface area contributed by atoms with Crippen molar-refractivity contribution in [2.75, 3.05) is 5.32 Å². The second kappa shape index (κ2) is 6.84. The van der Waals surface area contributed by atoms with E-state index in [1.54, 1.807) is 37.3 Å². The van der Waals surface area contributed by atoms with Gasteiger partial charge in [-0.25, -0.2) is 0 Å². The van der Waals surface area contributed by atoms with Crippen molar-refractivity contribution in [2.45, 2.75) is 6.92 Å². The molecule has 0 spiro atoms. The molecule has 0 saturated carbocycles. The minimum Gasteiger partial charge on any atom is -0.502 e. The summed E-state index contributed by atoms with van der Waals surface area (Å²) in [5, 5.41) is 23.8. The van der Waals surface area contributed by atoms with E-state index in [1.165, 1.54) is 12.3 Å². The number of aromatic hydroxyl groups is 1. The van der Waals surface area contributed by atoms with Crippen molar-refractivity contribution in [3.05, 3.63) is 57.6 Å². The van der Waals surface area contributed by atoms with Gasteiger partial charge >= 0.3 is 5.69 Å². The molecule has 23 heavy (non-hydrogen) atoms. The van der Waals surface area contributed by atoms with Gasteiger partial charge in [-0.2, -0.15) is 0 Å². The third kappa shape index (κ3) is 4.24. The third-order valence-corrected chi connectivity index (χ3v) is 3.05. The number of phenolic OH excluding ortho intramolecular Hbond substituents is 1. The van der Waals surface area contributed by atoms with Gasteiger partial charge in [0.2, 0.25) is 5.75 Å². The Kier molecular flexibility index (Phi) is 4.87. The second-order valence-corrected chi connectivity index (χ2v) is 5.21. The number of benzene rings is 2. The molecule has 2 rings (SSSR count). The van der Waals surface area contributed by atoms with Crippen LogP contribution in [0, 0.1) is 17.0 Å². The molecule has 7 nitrogen and oxygen atoms in total. The van der Waals surface area contributed by atoms with E-state index in [1.807, 2.05) is 0 Å². The summed E-state index contributed by atoms with van der Waals surface area (Å²) in [4.78, 5) is 14.5. The summed E-state index contributed by atoms with van der Waals surface area (Å²) >= 11 is 4.74.